The van der Waals surface area contributed by atoms with Crippen molar-refractivity contribution in [1.82, 2.24) is 0 Å². The van der Waals surface area contributed by atoms with Gasteiger partial charge in [-0.05, 0) is 0 Å². The molecule has 1 aliphatic heterocycles. The SMILES string of the molecule is C=CC=C(C=C)C1OCCO1. The molecule has 0 radical (unpaired) electrons. The highest BCUT2D eigenvalue weighted by atomic mass is 16.7. The molecule has 0 atom stereocenters. The molecule has 0 spiro atoms. The van der Waals surface area contributed by atoms with Crippen LogP contribution in [0, 0.1) is 0 Å². The van der Waals surface area contributed by atoms with Gasteiger partial charge in [0.05, 0.1) is 13.2 Å². The molecule has 60 valence electrons. The van der Waals surface area contributed by atoms with Gasteiger partial charge in [0.25, 0.3) is 0 Å². The van der Waals surface area contributed by atoms with Gasteiger partial charge in [-0.2, -0.15) is 0 Å². The van der Waals surface area contributed by atoms with Crippen molar-refractivity contribution in [2.24, 2.45) is 0 Å². The van der Waals surface area contributed by atoms with Crippen molar-refractivity contribution < 1.29 is 9.47 Å². The molecule has 0 bridgehead atoms. The molecule has 1 saturated heterocycles. The lowest BCUT2D eigenvalue weighted by Crippen LogP contribution is -2.09. The fourth-order valence-electron chi connectivity index (χ4n) is 0.930. The van der Waals surface area contributed by atoms with Crippen LogP contribution in [0.25, 0.3) is 0 Å². The van der Waals surface area contributed by atoms with Crippen molar-refractivity contribution in [2.45, 2.75) is 6.29 Å². The zero-order valence-corrected chi connectivity index (χ0v) is 6.45. The first-order valence-corrected chi connectivity index (χ1v) is 3.56. The Kier molecular flexibility index (Phi) is 3.08. The Hall–Kier alpha value is -0.860. The number of hydrogen-bond acceptors (Lipinski definition) is 2. The molecule has 2 nitrogen and oxygen atoms in total. The highest BCUT2D eigenvalue weighted by Crippen LogP contribution is 2.14. The third kappa shape index (κ3) is 2.03. The molecule has 11 heavy (non-hydrogen) atoms. The van der Waals surface area contributed by atoms with Crippen LogP contribution in [-0.2, 0) is 9.47 Å². The highest BCUT2D eigenvalue weighted by molar-refractivity contribution is 5.23. The van der Waals surface area contributed by atoms with Crippen molar-refractivity contribution in [2.75, 3.05) is 13.2 Å². The first-order chi connectivity index (χ1) is 5.38. The minimum atomic E-state index is -0.231. The number of hydrogen-bond donors (Lipinski definition) is 0. The minimum Gasteiger partial charge on any atom is -0.346 e. The lowest BCUT2D eigenvalue weighted by Gasteiger charge is -2.08. The quantitative estimate of drug-likeness (QED) is 0.572. The monoisotopic (exact) mass is 152 g/mol. The van der Waals surface area contributed by atoms with Gasteiger partial charge in [0.15, 0.2) is 6.29 Å². The summed E-state index contributed by atoms with van der Waals surface area (Å²) < 4.78 is 10.5. The Labute approximate surface area is 66.8 Å². The van der Waals surface area contributed by atoms with Crippen LogP contribution in [0.4, 0.5) is 0 Å². The first kappa shape index (κ1) is 8.24. The Morgan fingerprint density at radius 3 is 2.36 bits per heavy atom. The molecule has 0 aromatic carbocycles. The van der Waals surface area contributed by atoms with E-state index in [1.807, 2.05) is 6.08 Å². The molecule has 0 N–H and O–H groups in total. The molecule has 1 fully saturated rings. The standard InChI is InChI=1S/C9H12O2/c1-3-5-8(4-2)9-10-6-7-11-9/h3-5,9H,1-2,6-7H2. The van der Waals surface area contributed by atoms with Gasteiger partial charge in [0, 0.05) is 5.57 Å². The molecular weight excluding hydrogens is 140 g/mol. The molecule has 0 aromatic rings. The smallest absolute Gasteiger partial charge is 0.184 e. The summed E-state index contributed by atoms with van der Waals surface area (Å²) >= 11 is 0. The van der Waals surface area contributed by atoms with E-state index in [1.165, 1.54) is 0 Å². The van der Waals surface area contributed by atoms with Crippen LogP contribution in [0.3, 0.4) is 0 Å². The third-order valence-electron chi connectivity index (χ3n) is 1.44. The van der Waals surface area contributed by atoms with Crippen molar-refractivity contribution in [3.05, 3.63) is 37.0 Å². The molecule has 1 aliphatic rings. The molecule has 0 aliphatic carbocycles. The molecule has 0 amide bonds. The Morgan fingerprint density at radius 1 is 1.27 bits per heavy atom. The number of ether oxygens (including phenoxy) is 2. The van der Waals surface area contributed by atoms with Crippen LogP contribution in [0.1, 0.15) is 0 Å². The van der Waals surface area contributed by atoms with E-state index in [2.05, 4.69) is 13.2 Å². The van der Waals surface area contributed by atoms with Gasteiger partial charge in [-0.3, -0.25) is 0 Å². The highest BCUT2D eigenvalue weighted by Gasteiger charge is 2.17. The summed E-state index contributed by atoms with van der Waals surface area (Å²) in [4.78, 5) is 0. The molecular formula is C9H12O2. The van der Waals surface area contributed by atoms with Crippen molar-refractivity contribution in [1.29, 1.82) is 0 Å². The van der Waals surface area contributed by atoms with Gasteiger partial charge in [0.2, 0.25) is 0 Å². The van der Waals surface area contributed by atoms with Crippen LogP contribution >= 0.6 is 0 Å². The fraction of sp³-hybridized carbons (Fsp3) is 0.333. The first-order valence-electron chi connectivity index (χ1n) is 3.56. The van der Waals surface area contributed by atoms with Gasteiger partial charge in [-0.1, -0.05) is 31.4 Å². The van der Waals surface area contributed by atoms with Gasteiger partial charge in [-0.15, -0.1) is 0 Å². The lowest BCUT2D eigenvalue weighted by molar-refractivity contribution is -0.00827. The minimum absolute atomic E-state index is 0.231. The summed E-state index contributed by atoms with van der Waals surface area (Å²) in [6.45, 7) is 8.55. The van der Waals surface area contributed by atoms with Gasteiger partial charge < -0.3 is 9.47 Å². The van der Waals surface area contributed by atoms with E-state index >= 15 is 0 Å². The largest absolute Gasteiger partial charge is 0.346 e. The van der Waals surface area contributed by atoms with Crippen molar-refractivity contribution >= 4 is 0 Å². The topological polar surface area (TPSA) is 18.5 Å². The fourth-order valence-corrected chi connectivity index (χ4v) is 0.930. The van der Waals surface area contributed by atoms with E-state index in [0.29, 0.717) is 13.2 Å². The van der Waals surface area contributed by atoms with E-state index in [1.54, 1.807) is 12.2 Å². The molecule has 0 unspecified atom stereocenters. The predicted octanol–water partition coefficient (Wildman–Crippen LogP) is 1.66. The number of rotatable bonds is 3. The van der Waals surface area contributed by atoms with Crippen LogP contribution < -0.4 is 0 Å². The molecule has 1 heterocycles. The normalized spacial score (nSPS) is 20.2. The van der Waals surface area contributed by atoms with Gasteiger partial charge >= 0.3 is 0 Å². The summed E-state index contributed by atoms with van der Waals surface area (Å²) in [5.41, 5.74) is 0.928. The maximum Gasteiger partial charge on any atom is 0.184 e. The average molecular weight is 152 g/mol. The zero-order valence-electron chi connectivity index (χ0n) is 6.45. The average Bonchev–Trinajstić information content (AvgIpc) is 2.52. The van der Waals surface area contributed by atoms with Crippen molar-refractivity contribution in [3.63, 3.8) is 0 Å². The summed E-state index contributed by atoms with van der Waals surface area (Å²) in [5.74, 6) is 0. The second-order valence-electron chi connectivity index (χ2n) is 2.18. The van der Waals surface area contributed by atoms with Crippen LogP contribution in [-0.4, -0.2) is 19.5 Å². The maximum absolute atomic E-state index is 5.25. The molecule has 1 rings (SSSR count). The van der Waals surface area contributed by atoms with E-state index in [9.17, 15) is 0 Å². The van der Waals surface area contributed by atoms with E-state index in [0.717, 1.165) is 5.57 Å². The molecule has 0 aromatic heterocycles. The van der Waals surface area contributed by atoms with E-state index in [4.69, 9.17) is 9.47 Å². The Morgan fingerprint density at radius 2 is 1.91 bits per heavy atom. The molecule has 0 saturated carbocycles. The number of allylic oxidation sites excluding steroid dienone is 2. The van der Waals surface area contributed by atoms with Gasteiger partial charge in [-0.25, -0.2) is 0 Å². The Bertz CT molecular complexity index is 176. The van der Waals surface area contributed by atoms with E-state index in [-0.39, 0.29) is 6.29 Å². The molecule has 2 heteroatoms. The summed E-state index contributed by atoms with van der Waals surface area (Å²) in [6.07, 6.45) is 5.02. The van der Waals surface area contributed by atoms with Crippen LogP contribution in [0.15, 0.2) is 37.0 Å². The van der Waals surface area contributed by atoms with Gasteiger partial charge in [0.1, 0.15) is 0 Å². The predicted molar refractivity (Wildman–Crippen MR) is 44.2 cm³/mol. The van der Waals surface area contributed by atoms with E-state index < -0.39 is 0 Å². The maximum atomic E-state index is 5.25. The summed E-state index contributed by atoms with van der Waals surface area (Å²) in [5, 5.41) is 0. The second-order valence-corrected chi connectivity index (χ2v) is 2.18. The Balaban J connectivity index is 2.60. The zero-order chi connectivity index (χ0) is 8.10. The lowest BCUT2D eigenvalue weighted by atomic mass is 10.2. The van der Waals surface area contributed by atoms with Crippen LogP contribution in [0.5, 0.6) is 0 Å². The van der Waals surface area contributed by atoms with Crippen molar-refractivity contribution in [3.8, 4) is 0 Å². The third-order valence-corrected chi connectivity index (χ3v) is 1.44. The summed E-state index contributed by atoms with van der Waals surface area (Å²) in [7, 11) is 0. The van der Waals surface area contributed by atoms with Crippen LogP contribution in [0.2, 0.25) is 0 Å². The second kappa shape index (κ2) is 4.11. The summed E-state index contributed by atoms with van der Waals surface area (Å²) in [6, 6.07) is 0.